The number of carbonyl (C=O) groups is 2. The minimum absolute atomic E-state index is 0.0402. The van der Waals surface area contributed by atoms with E-state index in [1.807, 2.05) is 6.07 Å². The second-order valence-corrected chi connectivity index (χ2v) is 7.16. The molecule has 1 aromatic carbocycles. The van der Waals surface area contributed by atoms with Crippen LogP contribution in [0.2, 0.25) is 10.0 Å². The first-order chi connectivity index (χ1) is 11.5. The molecule has 1 amide bonds. The normalized spacial score (nSPS) is 23.8. The van der Waals surface area contributed by atoms with Crippen molar-refractivity contribution in [2.24, 2.45) is 5.92 Å². The Kier molecular flexibility index (Phi) is 5.33. The molecule has 1 aliphatic heterocycles. The highest BCUT2D eigenvalue weighted by Crippen LogP contribution is 2.51. The van der Waals surface area contributed by atoms with Crippen LogP contribution in [0, 0.1) is 5.92 Å². The fraction of sp³-hybridized carbons (Fsp3) is 0.529. The standard InChI is InChI=1S/C17H19Cl2NO4/c18-10-1-2-12(15(19)7-10)13-8-14(13)17(23)20(9-16(21)22)11-3-5-24-6-4-11/h1-2,7,11,13-14H,3-6,8-9H2,(H,21,22)/t13-,14-/m0/s1. The van der Waals surface area contributed by atoms with Crippen molar-refractivity contribution in [3.63, 3.8) is 0 Å². The first-order valence-electron chi connectivity index (χ1n) is 8.02. The zero-order valence-corrected chi connectivity index (χ0v) is 14.6. The van der Waals surface area contributed by atoms with Crippen molar-refractivity contribution >= 4 is 35.1 Å². The van der Waals surface area contributed by atoms with Gasteiger partial charge in [0.05, 0.1) is 0 Å². The van der Waals surface area contributed by atoms with Crippen LogP contribution in [0.25, 0.3) is 0 Å². The summed E-state index contributed by atoms with van der Waals surface area (Å²) in [6.45, 7) is 0.859. The molecular formula is C17H19Cl2NO4. The lowest BCUT2D eigenvalue weighted by Crippen LogP contribution is -2.46. The van der Waals surface area contributed by atoms with Crippen molar-refractivity contribution in [3.05, 3.63) is 33.8 Å². The predicted molar refractivity (Wildman–Crippen MR) is 90.5 cm³/mol. The quantitative estimate of drug-likeness (QED) is 0.862. The van der Waals surface area contributed by atoms with Crippen LogP contribution in [0.4, 0.5) is 0 Å². The number of aliphatic carboxylic acids is 1. The van der Waals surface area contributed by atoms with Gasteiger partial charge >= 0.3 is 5.97 Å². The van der Waals surface area contributed by atoms with Crippen LogP contribution in [0.5, 0.6) is 0 Å². The highest BCUT2D eigenvalue weighted by molar-refractivity contribution is 6.35. The Morgan fingerprint density at radius 3 is 2.58 bits per heavy atom. The summed E-state index contributed by atoms with van der Waals surface area (Å²) in [5.41, 5.74) is 0.904. The summed E-state index contributed by atoms with van der Waals surface area (Å²) in [5, 5.41) is 10.3. The van der Waals surface area contributed by atoms with Gasteiger partial charge in [-0.1, -0.05) is 29.3 Å². The summed E-state index contributed by atoms with van der Waals surface area (Å²) in [4.78, 5) is 25.6. The second kappa shape index (κ2) is 7.30. The number of halogens is 2. The average molecular weight is 372 g/mol. The van der Waals surface area contributed by atoms with E-state index in [1.165, 1.54) is 4.90 Å². The van der Waals surface area contributed by atoms with E-state index in [4.69, 9.17) is 33.0 Å². The summed E-state index contributed by atoms with van der Waals surface area (Å²) in [6, 6.07) is 5.21. The molecule has 2 atom stereocenters. The Morgan fingerprint density at radius 2 is 1.96 bits per heavy atom. The number of amides is 1. The molecule has 0 unspecified atom stereocenters. The summed E-state index contributed by atoms with van der Waals surface area (Å²) >= 11 is 12.1. The molecule has 1 aromatic rings. The Morgan fingerprint density at radius 1 is 1.25 bits per heavy atom. The van der Waals surface area contributed by atoms with E-state index >= 15 is 0 Å². The molecule has 7 heteroatoms. The number of hydrogen-bond acceptors (Lipinski definition) is 3. The second-order valence-electron chi connectivity index (χ2n) is 6.32. The van der Waals surface area contributed by atoms with Gasteiger partial charge in [0.1, 0.15) is 6.54 Å². The predicted octanol–water partition coefficient (Wildman–Crippen LogP) is 3.19. The van der Waals surface area contributed by atoms with Crippen LogP contribution >= 0.6 is 23.2 Å². The summed E-state index contributed by atoms with van der Waals surface area (Å²) < 4.78 is 5.31. The van der Waals surface area contributed by atoms with Crippen molar-refractivity contribution < 1.29 is 19.4 Å². The molecule has 1 heterocycles. The van der Waals surface area contributed by atoms with Gasteiger partial charge in [-0.2, -0.15) is 0 Å². The smallest absolute Gasteiger partial charge is 0.323 e. The zero-order valence-electron chi connectivity index (χ0n) is 13.1. The van der Waals surface area contributed by atoms with Gasteiger partial charge in [-0.05, 0) is 42.9 Å². The van der Waals surface area contributed by atoms with Crippen LogP contribution in [0.3, 0.4) is 0 Å². The number of carbonyl (C=O) groups excluding carboxylic acids is 1. The van der Waals surface area contributed by atoms with Gasteiger partial charge in [0.25, 0.3) is 0 Å². The maximum atomic E-state index is 12.9. The van der Waals surface area contributed by atoms with E-state index in [9.17, 15) is 9.59 Å². The minimum Gasteiger partial charge on any atom is -0.480 e. The first-order valence-corrected chi connectivity index (χ1v) is 8.78. The summed E-state index contributed by atoms with van der Waals surface area (Å²) in [7, 11) is 0. The SMILES string of the molecule is O=C(O)CN(C(=O)[C@H]1C[C@H]1c1ccc(Cl)cc1Cl)C1CCOCC1. The van der Waals surface area contributed by atoms with Gasteiger partial charge in [-0.15, -0.1) is 0 Å². The van der Waals surface area contributed by atoms with Gasteiger partial charge < -0.3 is 14.7 Å². The van der Waals surface area contributed by atoms with Crippen LogP contribution in [0.15, 0.2) is 18.2 Å². The fourth-order valence-corrected chi connectivity index (χ4v) is 3.90. The number of ether oxygens (including phenoxy) is 1. The summed E-state index contributed by atoms with van der Waals surface area (Å²) in [5.74, 6) is -1.25. The van der Waals surface area contributed by atoms with E-state index in [2.05, 4.69) is 0 Å². The largest absolute Gasteiger partial charge is 0.480 e. The molecule has 130 valence electrons. The van der Waals surface area contributed by atoms with Gasteiger partial charge in [-0.3, -0.25) is 9.59 Å². The topological polar surface area (TPSA) is 66.8 Å². The Balaban J connectivity index is 1.72. The van der Waals surface area contributed by atoms with Crippen molar-refractivity contribution in [3.8, 4) is 0 Å². The van der Waals surface area contributed by atoms with Crippen molar-refractivity contribution in [1.29, 1.82) is 0 Å². The van der Waals surface area contributed by atoms with Crippen molar-refractivity contribution in [2.75, 3.05) is 19.8 Å². The van der Waals surface area contributed by atoms with Gasteiger partial charge in [0, 0.05) is 35.2 Å². The number of benzene rings is 1. The highest BCUT2D eigenvalue weighted by Gasteiger charge is 2.48. The Labute approximate surface area is 150 Å². The average Bonchev–Trinajstić information content (AvgIpc) is 3.33. The molecule has 2 fully saturated rings. The molecule has 0 spiro atoms. The number of carboxylic acids is 1. The maximum Gasteiger partial charge on any atom is 0.323 e. The van der Waals surface area contributed by atoms with E-state index in [1.54, 1.807) is 12.1 Å². The molecule has 0 bridgehead atoms. The van der Waals surface area contributed by atoms with E-state index in [0.29, 0.717) is 42.5 Å². The fourth-order valence-electron chi connectivity index (χ4n) is 3.36. The lowest BCUT2D eigenvalue weighted by atomic mass is 10.0. The molecule has 1 saturated carbocycles. The molecule has 1 saturated heterocycles. The number of hydrogen-bond donors (Lipinski definition) is 1. The van der Waals surface area contributed by atoms with Gasteiger partial charge in [-0.25, -0.2) is 0 Å². The molecule has 24 heavy (non-hydrogen) atoms. The van der Waals surface area contributed by atoms with E-state index in [0.717, 1.165) is 5.56 Å². The summed E-state index contributed by atoms with van der Waals surface area (Å²) in [6.07, 6.45) is 2.05. The van der Waals surface area contributed by atoms with E-state index in [-0.39, 0.29) is 30.3 Å². The third-order valence-electron chi connectivity index (χ3n) is 4.69. The molecule has 3 rings (SSSR count). The zero-order chi connectivity index (χ0) is 17.3. The van der Waals surface area contributed by atoms with Crippen LogP contribution in [-0.4, -0.2) is 47.7 Å². The van der Waals surface area contributed by atoms with Crippen LogP contribution in [-0.2, 0) is 14.3 Å². The van der Waals surface area contributed by atoms with Crippen LogP contribution < -0.4 is 0 Å². The molecule has 0 aromatic heterocycles. The van der Waals surface area contributed by atoms with E-state index < -0.39 is 5.97 Å². The van der Waals surface area contributed by atoms with Gasteiger partial charge in [0.15, 0.2) is 0 Å². The highest BCUT2D eigenvalue weighted by atomic mass is 35.5. The molecule has 2 aliphatic rings. The van der Waals surface area contributed by atoms with Gasteiger partial charge in [0.2, 0.25) is 5.91 Å². The number of nitrogens with zero attached hydrogens (tertiary/aromatic N) is 1. The Hall–Kier alpha value is -1.30. The first kappa shape index (κ1) is 17.5. The molecule has 5 nitrogen and oxygen atoms in total. The molecule has 1 aliphatic carbocycles. The van der Waals surface area contributed by atoms with Crippen molar-refractivity contribution in [1.82, 2.24) is 4.90 Å². The number of carboxylic acid groups (broad SMARTS) is 1. The third-order valence-corrected chi connectivity index (χ3v) is 5.25. The number of rotatable bonds is 5. The molecule has 0 radical (unpaired) electrons. The molecule has 1 N–H and O–H groups in total. The lowest BCUT2D eigenvalue weighted by molar-refractivity contribution is -0.148. The lowest BCUT2D eigenvalue weighted by Gasteiger charge is -2.33. The molecular weight excluding hydrogens is 353 g/mol. The monoisotopic (exact) mass is 371 g/mol. The minimum atomic E-state index is -0.989. The van der Waals surface area contributed by atoms with Crippen molar-refractivity contribution in [2.45, 2.75) is 31.2 Å². The third kappa shape index (κ3) is 3.85. The maximum absolute atomic E-state index is 12.9. The Bertz CT molecular complexity index is 645. The van der Waals surface area contributed by atoms with Crippen LogP contribution in [0.1, 0.15) is 30.7 Å².